The first-order valence-corrected chi connectivity index (χ1v) is 12.6. The van der Waals surface area contributed by atoms with Crippen LogP contribution in [0, 0.1) is 0 Å². The number of anilines is 4. The number of hydrogen-bond donors (Lipinski definition) is 4. The zero-order valence-electron chi connectivity index (χ0n) is 18.3. The van der Waals surface area contributed by atoms with Crippen molar-refractivity contribution in [2.24, 2.45) is 0 Å². The van der Waals surface area contributed by atoms with E-state index in [9.17, 15) is 13.0 Å². The number of fused-ring (bicyclic) bond motifs is 2. The molecule has 1 heterocycles. The minimum atomic E-state index is -4.27. The summed E-state index contributed by atoms with van der Waals surface area (Å²) in [4.78, 5) is 0.553. The van der Waals surface area contributed by atoms with Gasteiger partial charge in [-0.25, -0.2) is 5.26 Å². The summed E-state index contributed by atoms with van der Waals surface area (Å²) in [5.41, 5.74) is 1.41. The summed E-state index contributed by atoms with van der Waals surface area (Å²) in [5.74, 6) is 1.04. The smallest absolute Gasteiger partial charge is 0.294 e. The number of benzene rings is 4. The molecule has 5 aromatic rings. The van der Waals surface area contributed by atoms with E-state index in [1.807, 2.05) is 60.7 Å². The van der Waals surface area contributed by atoms with E-state index in [1.54, 1.807) is 0 Å². The first-order valence-electron chi connectivity index (χ1n) is 10.5. The van der Waals surface area contributed by atoms with Crippen LogP contribution < -0.4 is 10.6 Å². The monoisotopic (exact) mass is 522 g/mol. The third-order valence-corrected chi connectivity index (χ3v) is 6.81. The van der Waals surface area contributed by atoms with E-state index in [0.717, 1.165) is 44.2 Å². The molecular formula is C24H18N4O6S2. The number of nitrogens with one attached hydrogen (secondary N) is 2. The summed E-state index contributed by atoms with van der Waals surface area (Å²) in [5, 5.41) is 30.8. The molecule has 0 aliphatic rings. The van der Waals surface area contributed by atoms with Crippen LogP contribution in [-0.2, 0) is 19.5 Å². The molecule has 0 saturated carbocycles. The van der Waals surface area contributed by atoms with Gasteiger partial charge in [-0.2, -0.15) is 8.42 Å². The van der Waals surface area contributed by atoms with E-state index in [1.165, 1.54) is 24.3 Å². The Bertz CT molecular complexity index is 1660. The topological polar surface area (TPSA) is 143 Å². The van der Waals surface area contributed by atoms with Crippen LogP contribution in [0.2, 0.25) is 0 Å². The Morgan fingerprint density at radius 1 is 0.778 bits per heavy atom. The molecule has 0 fully saturated rings. The Morgan fingerprint density at radius 3 is 2.14 bits per heavy atom. The molecule has 182 valence electrons. The van der Waals surface area contributed by atoms with Gasteiger partial charge in [0.15, 0.2) is 11.6 Å². The molecule has 0 spiro atoms. The van der Waals surface area contributed by atoms with E-state index in [2.05, 4.69) is 30.2 Å². The van der Waals surface area contributed by atoms with Crippen molar-refractivity contribution in [2.75, 3.05) is 10.6 Å². The van der Waals surface area contributed by atoms with E-state index in [4.69, 9.17) is 5.26 Å². The van der Waals surface area contributed by atoms with Crippen LogP contribution in [-0.4, -0.2) is 28.4 Å². The van der Waals surface area contributed by atoms with Gasteiger partial charge in [-0.3, -0.25) is 4.55 Å². The van der Waals surface area contributed by atoms with Crippen LogP contribution in [0.5, 0.6) is 0 Å². The fraction of sp³-hybridized carbons (Fsp3) is 0. The van der Waals surface area contributed by atoms with E-state index >= 15 is 0 Å². The van der Waals surface area contributed by atoms with Gasteiger partial charge < -0.3 is 10.6 Å². The third kappa shape index (κ3) is 5.09. The van der Waals surface area contributed by atoms with Crippen molar-refractivity contribution in [2.45, 2.75) is 9.79 Å². The second-order valence-electron chi connectivity index (χ2n) is 7.61. The molecule has 1 aromatic heterocycles. The highest BCUT2D eigenvalue weighted by Gasteiger charge is 2.13. The third-order valence-electron chi connectivity index (χ3n) is 5.37. The Balaban J connectivity index is 1.47. The van der Waals surface area contributed by atoms with Crippen LogP contribution in [0.3, 0.4) is 0 Å². The fourth-order valence-corrected chi connectivity index (χ4v) is 4.63. The van der Waals surface area contributed by atoms with Gasteiger partial charge in [0, 0.05) is 32.4 Å². The summed E-state index contributed by atoms with van der Waals surface area (Å²) in [6.45, 7) is 0. The molecule has 10 nitrogen and oxygen atoms in total. The van der Waals surface area contributed by atoms with Gasteiger partial charge in [-0.05, 0) is 47.9 Å². The predicted molar refractivity (Wildman–Crippen MR) is 137 cm³/mol. The van der Waals surface area contributed by atoms with Gasteiger partial charge >= 0.3 is 0 Å². The second kappa shape index (κ2) is 10.1. The summed E-state index contributed by atoms with van der Waals surface area (Å²) in [6.07, 6.45) is 0. The molecule has 0 saturated heterocycles. The Labute approximate surface area is 209 Å². The SMILES string of the molecule is O=S(=O)(O)c1ccc(Nc2nnc(Nc3cccc4cc(SOOO)ccc34)c3ccccc23)cc1. The zero-order valence-corrected chi connectivity index (χ0v) is 20.0. The summed E-state index contributed by atoms with van der Waals surface area (Å²) in [7, 11) is -4.27. The lowest BCUT2D eigenvalue weighted by atomic mass is 10.1. The van der Waals surface area contributed by atoms with Crippen molar-refractivity contribution in [3.8, 4) is 0 Å². The molecule has 0 bridgehead atoms. The van der Waals surface area contributed by atoms with Crippen molar-refractivity contribution in [1.29, 1.82) is 0 Å². The van der Waals surface area contributed by atoms with Crippen molar-refractivity contribution in [3.05, 3.63) is 84.9 Å². The van der Waals surface area contributed by atoms with Gasteiger partial charge in [-0.1, -0.05) is 47.5 Å². The minimum absolute atomic E-state index is 0.196. The average molecular weight is 523 g/mol. The molecule has 12 heteroatoms. The molecule has 0 atom stereocenters. The van der Waals surface area contributed by atoms with Crippen molar-refractivity contribution >= 4 is 66.7 Å². The summed E-state index contributed by atoms with van der Waals surface area (Å²) in [6, 6.07) is 24.7. The molecule has 0 aliphatic heterocycles. The molecule has 4 N–H and O–H groups in total. The molecule has 5 rings (SSSR count). The fourth-order valence-electron chi connectivity index (χ4n) is 3.74. The highest BCUT2D eigenvalue weighted by molar-refractivity contribution is 7.94. The molecular weight excluding hydrogens is 504 g/mol. The number of hydrogen-bond acceptors (Lipinski definition) is 10. The predicted octanol–water partition coefficient (Wildman–Crippen LogP) is 5.95. The van der Waals surface area contributed by atoms with Crippen LogP contribution in [0.15, 0.2) is 94.7 Å². The van der Waals surface area contributed by atoms with Crippen molar-refractivity contribution in [3.63, 3.8) is 0 Å². The quantitative estimate of drug-likeness (QED) is 0.0831. The molecule has 0 unspecified atom stereocenters. The van der Waals surface area contributed by atoms with Crippen LogP contribution in [0.1, 0.15) is 0 Å². The molecule has 0 aliphatic carbocycles. The Hall–Kier alpha value is -3.78. The van der Waals surface area contributed by atoms with Crippen LogP contribution in [0.25, 0.3) is 21.5 Å². The Morgan fingerprint density at radius 2 is 1.47 bits per heavy atom. The standard InChI is InChI=1S/C24H18N4O6S2/c29-33-34-35-17-10-13-19-15(14-17)4-3-7-22(19)26-24-21-6-2-1-5-20(21)23(27-28-24)25-16-8-11-18(12-9-16)36(30,31)32/h1-14,29H,(H,25,27)(H,26,28)(H,30,31,32). The largest absolute Gasteiger partial charge is 0.338 e. The first kappa shape index (κ1) is 23.9. The highest BCUT2D eigenvalue weighted by Crippen LogP contribution is 2.33. The maximum absolute atomic E-state index is 11.3. The average Bonchev–Trinajstić information content (AvgIpc) is 2.88. The Kier molecular flexibility index (Phi) is 6.69. The normalized spacial score (nSPS) is 11.6. The van der Waals surface area contributed by atoms with Crippen molar-refractivity contribution in [1.82, 2.24) is 10.2 Å². The molecule has 36 heavy (non-hydrogen) atoms. The lowest BCUT2D eigenvalue weighted by molar-refractivity contribution is -0.432. The highest BCUT2D eigenvalue weighted by atomic mass is 32.2. The second-order valence-corrected chi connectivity index (χ2v) is 9.80. The van der Waals surface area contributed by atoms with Crippen LogP contribution >= 0.6 is 12.0 Å². The number of aromatic nitrogens is 2. The zero-order chi connectivity index (χ0) is 25.1. The first-order chi connectivity index (χ1) is 17.4. The minimum Gasteiger partial charge on any atom is -0.338 e. The van der Waals surface area contributed by atoms with Gasteiger partial charge in [0.05, 0.1) is 16.9 Å². The molecule has 0 radical (unpaired) electrons. The maximum Gasteiger partial charge on any atom is 0.294 e. The number of rotatable bonds is 8. The number of nitrogens with zero attached hydrogens (tertiary/aromatic N) is 2. The summed E-state index contributed by atoms with van der Waals surface area (Å²) < 4.78 is 36.3. The van der Waals surface area contributed by atoms with Gasteiger partial charge in [0.1, 0.15) is 0 Å². The molecule has 4 aromatic carbocycles. The summed E-state index contributed by atoms with van der Waals surface area (Å²) >= 11 is 0.887. The molecule has 0 amide bonds. The van der Waals surface area contributed by atoms with Gasteiger partial charge in [0.2, 0.25) is 0 Å². The van der Waals surface area contributed by atoms with E-state index in [0.29, 0.717) is 17.3 Å². The van der Waals surface area contributed by atoms with Crippen molar-refractivity contribution < 1.29 is 27.6 Å². The lowest BCUT2D eigenvalue weighted by Crippen LogP contribution is -2.02. The maximum atomic E-state index is 11.3. The van der Waals surface area contributed by atoms with Gasteiger partial charge in [0.25, 0.3) is 10.1 Å². The van der Waals surface area contributed by atoms with E-state index < -0.39 is 10.1 Å². The van der Waals surface area contributed by atoms with Crippen LogP contribution in [0.4, 0.5) is 23.0 Å². The lowest BCUT2D eigenvalue weighted by Gasteiger charge is -2.14. The van der Waals surface area contributed by atoms with Gasteiger partial charge in [-0.15, -0.1) is 14.5 Å². The van der Waals surface area contributed by atoms with E-state index in [-0.39, 0.29) is 4.90 Å².